The second-order valence-corrected chi connectivity index (χ2v) is 14.0. The normalized spacial score (nSPS) is 28.2. The molecule has 1 spiro atoms. The van der Waals surface area contributed by atoms with E-state index in [4.69, 9.17) is 9.47 Å². The molecule has 3 aliphatic heterocycles. The van der Waals surface area contributed by atoms with Crippen molar-refractivity contribution < 1.29 is 33.8 Å². The molecule has 0 aromatic heterocycles. The zero-order chi connectivity index (χ0) is 31.6. The molecular weight excluding hydrogens is 538 g/mol. The van der Waals surface area contributed by atoms with Crippen LogP contribution in [0.3, 0.4) is 0 Å². The van der Waals surface area contributed by atoms with E-state index >= 15 is 0 Å². The van der Waals surface area contributed by atoms with Gasteiger partial charge >= 0.3 is 5.97 Å². The molecular formula is C32H51N3O7. The van der Waals surface area contributed by atoms with E-state index in [-0.39, 0.29) is 42.8 Å². The zero-order valence-electron chi connectivity index (χ0n) is 26.5. The molecule has 0 radical (unpaired) electrons. The Hall–Kier alpha value is -2.72. The molecule has 10 heteroatoms. The third-order valence-electron chi connectivity index (χ3n) is 8.73. The highest BCUT2D eigenvalue weighted by atomic mass is 16.6. The summed E-state index contributed by atoms with van der Waals surface area (Å²) in [7, 11) is 0. The Bertz CT molecular complexity index is 1070. The van der Waals surface area contributed by atoms with Crippen LogP contribution in [0.1, 0.15) is 80.6 Å². The fourth-order valence-corrected chi connectivity index (χ4v) is 7.40. The van der Waals surface area contributed by atoms with Crippen LogP contribution in [0.2, 0.25) is 0 Å². The second kappa shape index (κ2) is 12.9. The molecule has 2 bridgehead atoms. The Morgan fingerprint density at radius 1 is 1.21 bits per heavy atom. The molecule has 3 fully saturated rings. The van der Waals surface area contributed by atoms with E-state index in [9.17, 15) is 24.3 Å². The van der Waals surface area contributed by atoms with Crippen LogP contribution in [-0.2, 0) is 28.7 Å². The number of aliphatic hydroxyl groups excluding tert-OH is 1. The predicted molar refractivity (Wildman–Crippen MR) is 159 cm³/mol. The van der Waals surface area contributed by atoms with Crippen LogP contribution in [0.5, 0.6) is 0 Å². The van der Waals surface area contributed by atoms with Crippen LogP contribution in [-0.4, -0.2) is 93.7 Å². The summed E-state index contributed by atoms with van der Waals surface area (Å²) >= 11 is 0. The molecule has 236 valence electrons. The Morgan fingerprint density at radius 2 is 1.88 bits per heavy atom. The van der Waals surface area contributed by atoms with Gasteiger partial charge in [-0.2, -0.15) is 0 Å². The van der Waals surface area contributed by atoms with Gasteiger partial charge in [-0.3, -0.25) is 19.2 Å². The average Bonchev–Trinajstić information content (AvgIpc) is 3.54. The topological polar surface area (TPSA) is 125 Å². The highest BCUT2D eigenvalue weighted by molar-refractivity contribution is 5.98. The smallest absolute Gasteiger partial charge is 0.312 e. The molecule has 3 rings (SSSR count). The second-order valence-electron chi connectivity index (χ2n) is 14.0. The van der Waals surface area contributed by atoms with E-state index in [0.717, 1.165) is 0 Å². The Labute approximate surface area is 250 Å². The van der Waals surface area contributed by atoms with Gasteiger partial charge in [0.2, 0.25) is 17.7 Å². The van der Waals surface area contributed by atoms with Crippen LogP contribution < -0.4 is 5.32 Å². The first-order chi connectivity index (χ1) is 19.5. The molecule has 3 saturated heterocycles. The molecule has 10 nitrogen and oxygen atoms in total. The maximum atomic E-state index is 14.6. The average molecular weight is 590 g/mol. The van der Waals surface area contributed by atoms with Crippen LogP contribution in [0, 0.1) is 17.3 Å². The number of aliphatic hydroxyl groups is 1. The molecule has 0 aromatic rings. The molecule has 7 atom stereocenters. The van der Waals surface area contributed by atoms with Gasteiger partial charge < -0.3 is 29.7 Å². The lowest BCUT2D eigenvalue weighted by Crippen LogP contribution is -2.62. The monoisotopic (exact) mass is 589 g/mol. The van der Waals surface area contributed by atoms with E-state index < -0.39 is 53.2 Å². The van der Waals surface area contributed by atoms with Crippen LogP contribution in [0.4, 0.5) is 0 Å². The van der Waals surface area contributed by atoms with Gasteiger partial charge in [0.05, 0.1) is 37.1 Å². The van der Waals surface area contributed by atoms with E-state index in [1.54, 1.807) is 30.9 Å². The number of nitrogens with one attached hydrogen (secondary N) is 1. The van der Waals surface area contributed by atoms with E-state index in [1.165, 1.54) is 4.90 Å². The summed E-state index contributed by atoms with van der Waals surface area (Å²) in [5.41, 5.74) is -1.85. The number of hydrogen-bond donors (Lipinski definition) is 2. The number of carbonyl (C=O) groups is 4. The summed E-state index contributed by atoms with van der Waals surface area (Å²) in [5, 5.41) is 12.9. The molecule has 2 N–H and O–H groups in total. The Balaban J connectivity index is 1.92. The number of likely N-dealkylation sites (tertiary alicyclic amines) is 1. The van der Waals surface area contributed by atoms with Crippen LogP contribution >= 0.6 is 0 Å². The van der Waals surface area contributed by atoms with Crippen molar-refractivity contribution >= 4 is 23.7 Å². The van der Waals surface area contributed by atoms with Crippen molar-refractivity contribution in [3.63, 3.8) is 0 Å². The summed E-state index contributed by atoms with van der Waals surface area (Å²) in [4.78, 5) is 57.5. The molecule has 0 saturated carbocycles. The minimum atomic E-state index is -1.20. The summed E-state index contributed by atoms with van der Waals surface area (Å²) in [5.74, 6) is -3.18. The third-order valence-corrected chi connectivity index (χ3v) is 8.73. The highest BCUT2D eigenvalue weighted by Gasteiger charge is 2.75. The predicted octanol–water partition coefficient (Wildman–Crippen LogP) is 2.99. The molecule has 0 unspecified atom stereocenters. The summed E-state index contributed by atoms with van der Waals surface area (Å²) in [6.45, 7) is 21.3. The Kier molecular flexibility index (Phi) is 10.4. The van der Waals surface area contributed by atoms with Crippen LogP contribution in [0.15, 0.2) is 25.3 Å². The molecule has 3 amide bonds. The van der Waals surface area contributed by atoms with Crippen molar-refractivity contribution in [1.29, 1.82) is 0 Å². The fourth-order valence-electron chi connectivity index (χ4n) is 7.40. The highest BCUT2D eigenvalue weighted by Crippen LogP contribution is 2.59. The Morgan fingerprint density at radius 3 is 2.45 bits per heavy atom. The van der Waals surface area contributed by atoms with Gasteiger partial charge in [0.25, 0.3) is 0 Å². The first-order valence-corrected chi connectivity index (χ1v) is 15.2. The number of allylic oxidation sites excluding steroid dienone is 1. The van der Waals surface area contributed by atoms with Gasteiger partial charge in [0, 0.05) is 18.5 Å². The third kappa shape index (κ3) is 6.59. The maximum Gasteiger partial charge on any atom is 0.312 e. The first-order valence-electron chi connectivity index (χ1n) is 15.2. The molecule has 3 aliphatic rings. The minimum absolute atomic E-state index is 0.0768. The lowest BCUT2D eigenvalue weighted by atomic mass is 9.70. The van der Waals surface area contributed by atoms with E-state index in [1.807, 2.05) is 13.8 Å². The van der Waals surface area contributed by atoms with Crippen LogP contribution in [0.25, 0.3) is 0 Å². The van der Waals surface area contributed by atoms with Gasteiger partial charge in [0.1, 0.15) is 17.7 Å². The lowest BCUT2D eigenvalue weighted by Gasteiger charge is -2.46. The fraction of sp³-hybridized carbons (Fsp3) is 0.750. The SMILES string of the molecule is C=CCCC(=O)NC[C@@H](C)OC(=O)[C@@H]1[C@@H]2CC[C@]3(O2)[C@H](C(=O)N(CC=C)C(C)(C)CC(C)(C)C)N([C@H](C)CO)C(=O)[C@@H]13. The zero-order valence-corrected chi connectivity index (χ0v) is 26.5. The van der Waals surface area contributed by atoms with Crippen molar-refractivity contribution in [3.8, 4) is 0 Å². The van der Waals surface area contributed by atoms with Gasteiger partial charge in [-0.15, -0.1) is 13.2 Å². The summed E-state index contributed by atoms with van der Waals surface area (Å²) in [6.07, 6.45) is 4.66. The largest absolute Gasteiger partial charge is 0.460 e. The number of ether oxygens (including phenoxy) is 2. The lowest BCUT2D eigenvalue weighted by molar-refractivity contribution is -0.160. The number of amides is 3. The molecule has 3 heterocycles. The van der Waals surface area contributed by atoms with E-state index in [0.29, 0.717) is 32.1 Å². The number of nitrogens with zero attached hydrogens (tertiary/aromatic N) is 2. The number of carbonyl (C=O) groups excluding carboxylic acids is 4. The van der Waals surface area contributed by atoms with Gasteiger partial charge in [-0.1, -0.05) is 32.9 Å². The molecule has 42 heavy (non-hydrogen) atoms. The van der Waals surface area contributed by atoms with Gasteiger partial charge in [-0.25, -0.2) is 0 Å². The van der Waals surface area contributed by atoms with Crippen molar-refractivity contribution in [2.24, 2.45) is 17.3 Å². The standard InChI is InChI=1S/C32H51N3O7/c1-10-12-13-23(37)33-17-21(4)41-29(40)24-22-14-15-32(42-22)25(24)27(38)35(20(3)18-36)26(32)28(39)34(16-11-2)31(8,9)19-30(5,6)7/h10-11,20-22,24-26,36H,1-2,12-19H2,3-9H3,(H,33,37)/t20-,21-,22+,24-,25-,26+,32-/m1/s1. The number of hydrogen-bond acceptors (Lipinski definition) is 7. The maximum absolute atomic E-state index is 14.6. The van der Waals surface area contributed by atoms with Crippen molar-refractivity contribution in [2.75, 3.05) is 19.7 Å². The quantitative estimate of drug-likeness (QED) is 0.236. The minimum Gasteiger partial charge on any atom is -0.460 e. The molecule has 0 aliphatic carbocycles. The van der Waals surface area contributed by atoms with Crippen molar-refractivity contribution in [3.05, 3.63) is 25.3 Å². The van der Waals surface area contributed by atoms with Gasteiger partial charge in [-0.05, 0) is 58.8 Å². The number of esters is 1. The van der Waals surface area contributed by atoms with Crippen molar-refractivity contribution in [1.82, 2.24) is 15.1 Å². The number of rotatable bonds is 14. The summed E-state index contributed by atoms with van der Waals surface area (Å²) in [6, 6.07) is -1.66. The van der Waals surface area contributed by atoms with Gasteiger partial charge in [0.15, 0.2) is 0 Å². The van der Waals surface area contributed by atoms with E-state index in [2.05, 4.69) is 39.2 Å². The van der Waals surface area contributed by atoms with Crippen molar-refractivity contribution in [2.45, 2.75) is 116 Å². The first kappa shape index (κ1) is 33.8. The number of fused-ring (bicyclic) bond motifs is 1. The molecule has 0 aromatic carbocycles. The summed E-state index contributed by atoms with van der Waals surface area (Å²) < 4.78 is 12.2.